The summed E-state index contributed by atoms with van der Waals surface area (Å²) in [7, 11) is 4.24. The fourth-order valence-electron chi connectivity index (χ4n) is 3.74. The number of nitrogens with zero attached hydrogens (tertiary/aromatic N) is 2. The van der Waals surface area contributed by atoms with E-state index in [-0.39, 0.29) is 18.7 Å². The fraction of sp³-hybridized carbons (Fsp3) is 0.938. The number of hydrogen-bond donors (Lipinski definition) is 2. The van der Waals surface area contributed by atoms with Crippen LogP contribution in [0, 0.1) is 0 Å². The number of likely N-dealkylation sites (tertiary alicyclic amines) is 1. The van der Waals surface area contributed by atoms with Crippen LogP contribution in [0.15, 0.2) is 0 Å². The lowest BCUT2D eigenvalue weighted by Crippen LogP contribution is -2.53. The van der Waals surface area contributed by atoms with Crippen molar-refractivity contribution in [3.8, 4) is 0 Å². The van der Waals surface area contributed by atoms with Gasteiger partial charge in [0, 0.05) is 31.3 Å². The maximum atomic E-state index is 12.5. The number of carbonyl (C=O) groups is 1. The maximum Gasteiger partial charge on any atom is 0.317 e. The number of hydrogen-bond acceptors (Lipinski definition) is 3. The van der Waals surface area contributed by atoms with Crippen LogP contribution in [0.3, 0.4) is 0 Å². The van der Waals surface area contributed by atoms with Crippen molar-refractivity contribution in [1.29, 1.82) is 0 Å². The molecular weight excluding hydrogens is 266 g/mol. The van der Waals surface area contributed by atoms with E-state index in [9.17, 15) is 9.90 Å². The molecule has 5 heteroatoms. The number of piperidine rings is 1. The van der Waals surface area contributed by atoms with Crippen LogP contribution in [0.4, 0.5) is 4.79 Å². The number of carbonyl (C=O) groups excluding carboxylic acids is 1. The lowest BCUT2D eigenvalue weighted by atomic mass is 9.90. The monoisotopic (exact) mass is 297 g/mol. The van der Waals surface area contributed by atoms with Gasteiger partial charge in [-0.3, -0.25) is 0 Å². The highest BCUT2D eigenvalue weighted by Gasteiger charge is 2.29. The first-order chi connectivity index (χ1) is 10.1. The van der Waals surface area contributed by atoms with Crippen LogP contribution >= 0.6 is 0 Å². The molecule has 0 aromatic heterocycles. The molecule has 21 heavy (non-hydrogen) atoms. The summed E-state index contributed by atoms with van der Waals surface area (Å²) in [5.41, 5.74) is 0. The van der Waals surface area contributed by atoms with Gasteiger partial charge in [-0.25, -0.2) is 4.79 Å². The second kappa shape index (κ2) is 7.99. The molecular formula is C16H31N3O2. The molecule has 1 aliphatic carbocycles. The van der Waals surface area contributed by atoms with Gasteiger partial charge in [-0.05, 0) is 65.5 Å². The molecule has 3 unspecified atom stereocenters. The summed E-state index contributed by atoms with van der Waals surface area (Å²) in [6.45, 7) is 1.00. The third-order valence-corrected chi connectivity index (χ3v) is 5.05. The minimum Gasteiger partial charge on any atom is -0.396 e. The summed E-state index contributed by atoms with van der Waals surface area (Å²) in [6.07, 6.45) is 8.55. The number of aliphatic hydroxyl groups excluding tert-OH is 1. The molecule has 122 valence electrons. The van der Waals surface area contributed by atoms with Crippen molar-refractivity contribution >= 4 is 6.03 Å². The van der Waals surface area contributed by atoms with Crippen molar-refractivity contribution in [3.05, 3.63) is 0 Å². The van der Waals surface area contributed by atoms with E-state index in [1.54, 1.807) is 0 Å². The minimum absolute atomic E-state index is 0.0811. The van der Waals surface area contributed by atoms with Crippen LogP contribution in [0.1, 0.15) is 51.4 Å². The summed E-state index contributed by atoms with van der Waals surface area (Å²) in [5.74, 6) is 0. The van der Waals surface area contributed by atoms with Crippen molar-refractivity contribution in [2.45, 2.75) is 69.5 Å². The average molecular weight is 297 g/mol. The topological polar surface area (TPSA) is 55.8 Å². The number of urea groups is 1. The molecule has 0 aromatic rings. The van der Waals surface area contributed by atoms with Gasteiger partial charge in [0.1, 0.15) is 0 Å². The molecule has 1 aliphatic heterocycles. The van der Waals surface area contributed by atoms with E-state index >= 15 is 0 Å². The van der Waals surface area contributed by atoms with Crippen LogP contribution in [-0.2, 0) is 0 Å². The Labute approximate surface area is 128 Å². The minimum atomic E-state index is 0.0811. The number of rotatable bonds is 4. The Morgan fingerprint density at radius 1 is 1.24 bits per heavy atom. The van der Waals surface area contributed by atoms with Gasteiger partial charge in [0.25, 0.3) is 0 Å². The zero-order chi connectivity index (χ0) is 15.2. The summed E-state index contributed by atoms with van der Waals surface area (Å²) >= 11 is 0. The lowest BCUT2D eigenvalue weighted by Gasteiger charge is -2.38. The standard InChI is InChI=1S/C16H31N3O2/c1-18(2)15-8-5-6-13(12-15)17-16(21)19-10-4-3-7-14(19)9-11-20/h13-15,20H,3-12H2,1-2H3,(H,17,21). The SMILES string of the molecule is CN(C)C1CCCC(NC(=O)N2CCCCC2CCO)C1. The van der Waals surface area contributed by atoms with E-state index in [0.29, 0.717) is 18.5 Å². The van der Waals surface area contributed by atoms with E-state index in [4.69, 9.17) is 0 Å². The van der Waals surface area contributed by atoms with Gasteiger partial charge in [0.05, 0.1) is 0 Å². The third kappa shape index (κ3) is 4.58. The van der Waals surface area contributed by atoms with Gasteiger partial charge < -0.3 is 20.2 Å². The average Bonchev–Trinajstić information content (AvgIpc) is 2.48. The number of aliphatic hydroxyl groups is 1. The Kier molecular flexibility index (Phi) is 6.30. The van der Waals surface area contributed by atoms with Crippen LogP contribution in [0.25, 0.3) is 0 Å². The van der Waals surface area contributed by atoms with E-state index in [1.807, 2.05) is 4.90 Å². The number of nitrogens with one attached hydrogen (secondary N) is 1. The van der Waals surface area contributed by atoms with E-state index in [0.717, 1.165) is 32.2 Å². The molecule has 0 spiro atoms. The van der Waals surface area contributed by atoms with Crippen LogP contribution in [-0.4, -0.2) is 66.3 Å². The van der Waals surface area contributed by atoms with Crippen molar-refractivity contribution in [1.82, 2.24) is 15.1 Å². The Morgan fingerprint density at radius 2 is 2.05 bits per heavy atom. The Morgan fingerprint density at radius 3 is 2.76 bits per heavy atom. The predicted molar refractivity (Wildman–Crippen MR) is 84.3 cm³/mol. The van der Waals surface area contributed by atoms with Crippen molar-refractivity contribution < 1.29 is 9.90 Å². The highest BCUT2D eigenvalue weighted by Crippen LogP contribution is 2.23. The smallest absolute Gasteiger partial charge is 0.317 e. The molecule has 2 amide bonds. The second-order valence-corrected chi connectivity index (χ2v) is 6.79. The fourth-order valence-corrected chi connectivity index (χ4v) is 3.74. The molecule has 2 aliphatic rings. The number of amides is 2. The highest BCUT2D eigenvalue weighted by atomic mass is 16.3. The Hall–Kier alpha value is -0.810. The summed E-state index contributed by atoms with van der Waals surface area (Å²) < 4.78 is 0. The lowest BCUT2D eigenvalue weighted by molar-refractivity contribution is 0.124. The molecule has 2 rings (SSSR count). The normalized spacial score (nSPS) is 30.5. The van der Waals surface area contributed by atoms with Crippen LogP contribution in [0.5, 0.6) is 0 Å². The first kappa shape index (κ1) is 16.6. The van der Waals surface area contributed by atoms with Crippen molar-refractivity contribution in [3.63, 3.8) is 0 Å². The molecule has 1 saturated heterocycles. The van der Waals surface area contributed by atoms with Gasteiger partial charge in [0.15, 0.2) is 0 Å². The van der Waals surface area contributed by atoms with Gasteiger partial charge in [-0.15, -0.1) is 0 Å². The van der Waals surface area contributed by atoms with Crippen LogP contribution < -0.4 is 5.32 Å². The molecule has 0 bridgehead atoms. The Balaban J connectivity index is 1.87. The molecule has 2 N–H and O–H groups in total. The molecule has 5 nitrogen and oxygen atoms in total. The highest BCUT2D eigenvalue weighted by molar-refractivity contribution is 5.75. The van der Waals surface area contributed by atoms with Crippen molar-refractivity contribution in [2.75, 3.05) is 27.2 Å². The third-order valence-electron chi connectivity index (χ3n) is 5.05. The summed E-state index contributed by atoms with van der Waals surface area (Å²) in [4.78, 5) is 16.8. The summed E-state index contributed by atoms with van der Waals surface area (Å²) in [6, 6.07) is 1.18. The predicted octanol–water partition coefficient (Wildman–Crippen LogP) is 1.81. The Bertz CT molecular complexity index is 333. The van der Waals surface area contributed by atoms with Gasteiger partial charge >= 0.3 is 6.03 Å². The molecule has 1 saturated carbocycles. The zero-order valence-electron chi connectivity index (χ0n) is 13.6. The molecule has 0 aromatic carbocycles. The maximum absolute atomic E-state index is 12.5. The van der Waals surface area contributed by atoms with Gasteiger partial charge in [-0.1, -0.05) is 0 Å². The van der Waals surface area contributed by atoms with E-state index in [1.165, 1.54) is 19.3 Å². The molecule has 1 heterocycles. The molecule has 2 fully saturated rings. The first-order valence-electron chi connectivity index (χ1n) is 8.46. The van der Waals surface area contributed by atoms with Gasteiger partial charge in [0.2, 0.25) is 0 Å². The molecule has 0 radical (unpaired) electrons. The first-order valence-corrected chi connectivity index (χ1v) is 8.46. The quantitative estimate of drug-likeness (QED) is 0.832. The largest absolute Gasteiger partial charge is 0.396 e. The van der Waals surface area contributed by atoms with Gasteiger partial charge in [-0.2, -0.15) is 0 Å². The second-order valence-electron chi connectivity index (χ2n) is 6.79. The van der Waals surface area contributed by atoms with Crippen molar-refractivity contribution in [2.24, 2.45) is 0 Å². The van der Waals surface area contributed by atoms with Crippen LogP contribution in [0.2, 0.25) is 0 Å². The summed E-state index contributed by atoms with van der Waals surface area (Å²) in [5, 5.41) is 12.4. The van der Waals surface area contributed by atoms with E-state index in [2.05, 4.69) is 24.3 Å². The molecule has 3 atom stereocenters. The van der Waals surface area contributed by atoms with E-state index < -0.39 is 0 Å². The zero-order valence-corrected chi connectivity index (χ0v) is 13.6.